The van der Waals surface area contributed by atoms with E-state index in [4.69, 9.17) is 4.74 Å². The van der Waals surface area contributed by atoms with Gasteiger partial charge in [0, 0.05) is 17.8 Å². The fraction of sp³-hybridized carbons (Fsp3) is 0.312. The molecule has 0 radical (unpaired) electrons. The molecule has 0 aromatic carbocycles. The molecule has 0 atom stereocenters. The summed E-state index contributed by atoms with van der Waals surface area (Å²) >= 11 is 1.20. The van der Waals surface area contributed by atoms with E-state index in [1.54, 1.807) is 17.7 Å². The largest absolute Gasteiger partial charge is 0.480 e. The van der Waals surface area contributed by atoms with Crippen molar-refractivity contribution in [2.24, 2.45) is 0 Å². The lowest BCUT2D eigenvalue weighted by Gasteiger charge is -2.18. The van der Waals surface area contributed by atoms with Crippen molar-refractivity contribution in [1.82, 2.24) is 9.36 Å². The minimum Gasteiger partial charge on any atom is -0.480 e. The lowest BCUT2D eigenvalue weighted by atomic mass is 9.87. The third kappa shape index (κ3) is 3.76. The van der Waals surface area contributed by atoms with E-state index in [1.807, 2.05) is 12.3 Å². The molecule has 0 aliphatic carbocycles. The van der Waals surface area contributed by atoms with Crippen molar-refractivity contribution in [2.45, 2.75) is 26.2 Å². The topological polar surface area (TPSA) is 52.1 Å². The van der Waals surface area contributed by atoms with Crippen molar-refractivity contribution >= 4 is 23.4 Å². The average Bonchev–Trinajstić information content (AvgIpc) is 2.92. The number of hydrogen-bond acceptors (Lipinski definition) is 5. The van der Waals surface area contributed by atoms with Gasteiger partial charge in [-0.2, -0.15) is 4.37 Å². The van der Waals surface area contributed by atoms with Crippen LogP contribution in [0.25, 0.3) is 6.08 Å². The zero-order chi connectivity index (χ0) is 15.5. The molecule has 2 rings (SSSR count). The number of hydrogen-bond donors (Lipinski definition) is 0. The minimum absolute atomic E-state index is 0.0291. The molecule has 0 aliphatic rings. The first-order valence-corrected chi connectivity index (χ1v) is 7.42. The quantitative estimate of drug-likeness (QED) is 0.637. The first kappa shape index (κ1) is 15.4. The van der Waals surface area contributed by atoms with Gasteiger partial charge in [0.05, 0.1) is 12.7 Å². The highest BCUT2D eigenvalue weighted by atomic mass is 32.1. The molecular weight excluding hydrogens is 284 g/mol. The Kier molecular flexibility index (Phi) is 4.53. The van der Waals surface area contributed by atoms with Crippen LogP contribution < -0.4 is 4.74 Å². The SMILES string of the molecule is COc1nscc1C(=O)/C=C/c1cncc(C(C)(C)C)c1. The summed E-state index contributed by atoms with van der Waals surface area (Å²) in [6, 6.07) is 2.04. The van der Waals surface area contributed by atoms with Gasteiger partial charge in [-0.25, -0.2) is 0 Å². The van der Waals surface area contributed by atoms with Crippen LogP contribution in [-0.4, -0.2) is 22.3 Å². The first-order chi connectivity index (χ1) is 9.91. The Morgan fingerprint density at radius 1 is 1.33 bits per heavy atom. The van der Waals surface area contributed by atoms with Gasteiger partial charge in [0.25, 0.3) is 0 Å². The molecule has 4 nitrogen and oxygen atoms in total. The van der Waals surface area contributed by atoms with Crippen LogP contribution in [0.15, 0.2) is 29.9 Å². The highest BCUT2D eigenvalue weighted by Gasteiger charge is 2.14. The third-order valence-electron chi connectivity index (χ3n) is 3.05. The van der Waals surface area contributed by atoms with Crippen molar-refractivity contribution in [3.63, 3.8) is 0 Å². The molecular formula is C16H18N2O2S. The van der Waals surface area contributed by atoms with E-state index in [9.17, 15) is 4.79 Å². The van der Waals surface area contributed by atoms with Gasteiger partial charge in [-0.15, -0.1) is 0 Å². The molecule has 2 heterocycles. The predicted molar refractivity (Wildman–Crippen MR) is 85.0 cm³/mol. The minimum atomic E-state index is -0.123. The number of aromatic nitrogens is 2. The molecule has 0 fully saturated rings. The Hall–Kier alpha value is -2.01. The number of rotatable bonds is 4. The van der Waals surface area contributed by atoms with Gasteiger partial charge in [0.15, 0.2) is 5.78 Å². The van der Waals surface area contributed by atoms with Gasteiger partial charge in [-0.1, -0.05) is 20.8 Å². The molecule has 0 spiro atoms. The van der Waals surface area contributed by atoms with E-state index in [0.29, 0.717) is 11.4 Å². The van der Waals surface area contributed by atoms with Crippen molar-refractivity contribution in [2.75, 3.05) is 7.11 Å². The molecule has 0 amide bonds. The zero-order valence-electron chi connectivity index (χ0n) is 12.6. The lowest BCUT2D eigenvalue weighted by Crippen LogP contribution is -2.11. The van der Waals surface area contributed by atoms with Crippen LogP contribution in [0.1, 0.15) is 42.3 Å². The van der Waals surface area contributed by atoms with Crippen LogP contribution >= 0.6 is 11.5 Å². The summed E-state index contributed by atoms with van der Waals surface area (Å²) in [6.45, 7) is 6.39. The normalized spacial score (nSPS) is 11.8. The fourth-order valence-electron chi connectivity index (χ4n) is 1.76. The monoisotopic (exact) mass is 302 g/mol. The molecule has 21 heavy (non-hydrogen) atoms. The van der Waals surface area contributed by atoms with E-state index in [-0.39, 0.29) is 11.2 Å². The van der Waals surface area contributed by atoms with Gasteiger partial charge in [-0.3, -0.25) is 9.78 Å². The van der Waals surface area contributed by atoms with Gasteiger partial charge < -0.3 is 4.74 Å². The molecule has 0 unspecified atom stereocenters. The summed E-state index contributed by atoms with van der Waals surface area (Å²) in [6.07, 6.45) is 6.88. The summed E-state index contributed by atoms with van der Waals surface area (Å²) in [5.41, 5.74) is 2.55. The zero-order valence-corrected chi connectivity index (χ0v) is 13.4. The number of carbonyl (C=O) groups is 1. The average molecular weight is 302 g/mol. The summed E-state index contributed by atoms with van der Waals surface area (Å²) in [5, 5.41) is 1.69. The lowest BCUT2D eigenvalue weighted by molar-refractivity contribution is 0.104. The maximum Gasteiger partial charge on any atom is 0.236 e. The van der Waals surface area contributed by atoms with E-state index in [1.165, 1.54) is 24.7 Å². The number of nitrogens with zero attached hydrogens (tertiary/aromatic N) is 2. The highest BCUT2D eigenvalue weighted by molar-refractivity contribution is 7.04. The Morgan fingerprint density at radius 2 is 2.10 bits per heavy atom. The maximum atomic E-state index is 12.1. The number of ether oxygens (including phenoxy) is 1. The smallest absolute Gasteiger partial charge is 0.236 e. The van der Waals surface area contributed by atoms with Crippen molar-refractivity contribution < 1.29 is 9.53 Å². The number of allylic oxidation sites excluding steroid dienone is 1. The maximum absolute atomic E-state index is 12.1. The van der Waals surface area contributed by atoms with Gasteiger partial charge in [0.2, 0.25) is 5.88 Å². The van der Waals surface area contributed by atoms with Crippen molar-refractivity contribution in [3.05, 3.63) is 46.6 Å². The molecule has 110 valence electrons. The van der Waals surface area contributed by atoms with Crippen LogP contribution in [-0.2, 0) is 5.41 Å². The van der Waals surface area contributed by atoms with Crippen LogP contribution in [0.3, 0.4) is 0 Å². The fourth-order valence-corrected chi connectivity index (χ4v) is 2.40. The van der Waals surface area contributed by atoms with E-state index >= 15 is 0 Å². The second-order valence-corrected chi connectivity index (χ2v) is 6.32. The molecule has 0 N–H and O–H groups in total. The van der Waals surface area contributed by atoms with Gasteiger partial charge in [-0.05, 0) is 46.3 Å². The molecule has 0 bridgehead atoms. The van der Waals surface area contributed by atoms with Crippen LogP contribution in [0.2, 0.25) is 0 Å². The second-order valence-electron chi connectivity index (χ2n) is 5.69. The number of ketones is 1. The third-order valence-corrected chi connectivity index (χ3v) is 3.66. The Labute approximate surface area is 128 Å². The standard InChI is InChI=1S/C16H18N2O2S/c1-16(2,3)12-7-11(8-17-9-12)5-6-14(19)13-10-21-18-15(13)20-4/h5-10H,1-4H3/b6-5+. The molecule has 0 saturated heterocycles. The summed E-state index contributed by atoms with van der Waals surface area (Å²) in [7, 11) is 1.51. The first-order valence-electron chi connectivity index (χ1n) is 6.58. The van der Waals surface area contributed by atoms with Crippen molar-refractivity contribution in [1.29, 1.82) is 0 Å². The number of carbonyl (C=O) groups excluding carboxylic acids is 1. The molecule has 0 saturated carbocycles. The predicted octanol–water partition coefficient (Wildman–Crippen LogP) is 3.74. The highest BCUT2D eigenvalue weighted by Crippen LogP contribution is 2.23. The van der Waals surface area contributed by atoms with Gasteiger partial charge >= 0.3 is 0 Å². The summed E-state index contributed by atoms with van der Waals surface area (Å²) in [4.78, 5) is 16.3. The number of methoxy groups -OCH3 is 1. The molecule has 0 aliphatic heterocycles. The molecule has 2 aromatic heterocycles. The van der Waals surface area contributed by atoms with Crippen molar-refractivity contribution in [3.8, 4) is 5.88 Å². The van der Waals surface area contributed by atoms with E-state index in [2.05, 4.69) is 30.1 Å². The van der Waals surface area contributed by atoms with Crippen LogP contribution in [0, 0.1) is 0 Å². The van der Waals surface area contributed by atoms with E-state index < -0.39 is 0 Å². The Morgan fingerprint density at radius 3 is 2.76 bits per heavy atom. The van der Waals surface area contributed by atoms with Crippen LogP contribution in [0.4, 0.5) is 0 Å². The van der Waals surface area contributed by atoms with Crippen LogP contribution in [0.5, 0.6) is 5.88 Å². The number of pyridine rings is 1. The summed E-state index contributed by atoms with van der Waals surface area (Å²) < 4.78 is 9.06. The van der Waals surface area contributed by atoms with Gasteiger partial charge in [0.1, 0.15) is 0 Å². The molecule has 2 aromatic rings. The molecule has 5 heteroatoms. The Balaban J connectivity index is 2.20. The van der Waals surface area contributed by atoms with E-state index in [0.717, 1.165) is 11.1 Å². The second kappa shape index (κ2) is 6.18. The summed E-state index contributed by atoms with van der Waals surface area (Å²) in [5.74, 6) is 0.248. The Bertz CT molecular complexity index is 669.